The molecule has 2 aromatic heterocycles. The summed E-state index contributed by atoms with van der Waals surface area (Å²) in [4.78, 5) is 9.20. The minimum atomic E-state index is -1.73. The maximum atomic E-state index is 13.4. The molecule has 2 aromatic carbocycles. The van der Waals surface area contributed by atoms with E-state index in [2.05, 4.69) is 25.5 Å². The van der Waals surface area contributed by atoms with E-state index in [9.17, 15) is 4.55 Å². The molecule has 1 atom stereocenters. The van der Waals surface area contributed by atoms with Crippen molar-refractivity contribution in [2.45, 2.75) is 29.9 Å². The fourth-order valence-corrected chi connectivity index (χ4v) is 4.17. The number of rotatable bonds is 5. The number of nitrogens with zero attached hydrogens (tertiary/aromatic N) is 6. The zero-order chi connectivity index (χ0) is 19.7. The first-order chi connectivity index (χ1) is 13.6. The van der Waals surface area contributed by atoms with Crippen LogP contribution in [0.1, 0.15) is 19.0 Å². The maximum Gasteiger partial charge on any atom is 0.373 e. The molecule has 7 nitrogen and oxygen atoms in total. The summed E-state index contributed by atoms with van der Waals surface area (Å²) in [5, 5.41) is 12.9. The Bertz CT molecular complexity index is 1140. The van der Waals surface area contributed by atoms with Gasteiger partial charge in [-0.25, -0.2) is 4.98 Å². The van der Waals surface area contributed by atoms with E-state index in [4.69, 9.17) is 23.2 Å². The summed E-state index contributed by atoms with van der Waals surface area (Å²) < 4.78 is 14.8. The lowest BCUT2D eigenvalue weighted by Crippen LogP contribution is -2.16. The first-order valence-electron chi connectivity index (χ1n) is 8.49. The van der Waals surface area contributed by atoms with Gasteiger partial charge < -0.3 is 4.55 Å². The molecular formula is C18H14Cl2N6OS. The number of halogens is 2. The van der Waals surface area contributed by atoms with E-state index in [0.29, 0.717) is 43.9 Å². The molecule has 0 fully saturated rings. The van der Waals surface area contributed by atoms with Crippen molar-refractivity contribution in [3.05, 3.63) is 58.2 Å². The van der Waals surface area contributed by atoms with Crippen molar-refractivity contribution in [2.24, 2.45) is 0 Å². The van der Waals surface area contributed by atoms with Crippen molar-refractivity contribution in [3.8, 4) is 5.69 Å². The molecule has 142 valence electrons. The van der Waals surface area contributed by atoms with E-state index >= 15 is 0 Å². The first-order valence-corrected chi connectivity index (χ1v) is 10.4. The van der Waals surface area contributed by atoms with E-state index in [1.54, 1.807) is 12.1 Å². The minimum absolute atomic E-state index is 0.178. The summed E-state index contributed by atoms with van der Waals surface area (Å²) in [6, 6.07) is 12.5. The van der Waals surface area contributed by atoms with Crippen molar-refractivity contribution in [3.63, 3.8) is 0 Å². The third-order valence-electron chi connectivity index (χ3n) is 4.01. The summed E-state index contributed by atoms with van der Waals surface area (Å²) >= 11 is 10.5. The van der Waals surface area contributed by atoms with Gasteiger partial charge in [0.05, 0.1) is 37.9 Å². The number of para-hydroxylation sites is 1. The maximum absolute atomic E-state index is 13.4. The third kappa shape index (κ3) is 3.56. The fraction of sp³-hybridized carbons (Fsp3) is 0.167. The molecule has 4 rings (SSSR count). The quantitative estimate of drug-likeness (QED) is 0.441. The van der Waals surface area contributed by atoms with Gasteiger partial charge in [-0.1, -0.05) is 59.8 Å². The SMILES string of the molecule is CCCc1nc2cc(Cl)c(Cl)cc2nc1[S+]([O-])c1nnnn1-c1ccccc1. The number of hydrogen-bond donors (Lipinski definition) is 0. The van der Waals surface area contributed by atoms with Crippen LogP contribution in [-0.4, -0.2) is 34.7 Å². The highest BCUT2D eigenvalue weighted by atomic mass is 35.5. The predicted octanol–water partition coefficient (Wildman–Crippen LogP) is 4.03. The summed E-state index contributed by atoms with van der Waals surface area (Å²) in [6.07, 6.45) is 1.42. The van der Waals surface area contributed by atoms with Gasteiger partial charge in [0.2, 0.25) is 0 Å². The average Bonchev–Trinajstić information content (AvgIpc) is 3.19. The van der Waals surface area contributed by atoms with Gasteiger partial charge in [0.1, 0.15) is 5.69 Å². The highest BCUT2D eigenvalue weighted by Gasteiger charge is 2.30. The van der Waals surface area contributed by atoms with Crippen molar-refractivity contribution in [2.75, 3.05) is 0 Å². The van der Waals surface area contributed by atoms with Gasteiger partial charge in [-0.2, -0.15) is 9.67 Å². The first kappa shape index (κ1) is 19.1. The highest BCUT2D eigenvalue weighted by Crippen LogP contribution is 2.29. The van der Waals surface area contributed by atoms with Crippen LogP contribution in [0.15, 0.2) is 52.6 Å². The molecule has 28 heavy (non-hydrogen) atoms. The van der Waals surface area contributed by atoms with Crippen LogP contribution in [0.5, 0.6) is 0 Å². The molecule has 0 N–H and O–H groups in total. The van der Waals surface area contributed by atoms with Crippen LogP contribution in [0, 0.1) is 0 Å². The number of aromatic nitrogens is 6. The van der Waals surface area contributed by atoms with Crippen molar-refractivity contribution >= 4 is 45.4 Å². The van der Waals surface area contributed by atoms with Gasteiger partial charge in [0.15, 0.2) is 0 Å². The fourth-order valence-electron chi connectivity index (χ4n) is 2.73. The van der Waals surface area contributed by atoms with Crippen LogP contribution in [0.25, 0.3) is 16.7 Å². The van der Waals surface area contributed by atoms with E-state index < -0.39 is 11.2 Å². The number of fused-ring (bicyclic) bond motifs is 1. The molecule has 0 aliphatic heterocycles. The molecule has 0 amide bonds. The number of tetrazole rings is 1. The lowest BCUT2D eigenvalue weighted by molar-refractivity contribution is 0.573. The van der Waals surface area contributed by atoms with Crippen LogP contribution < -0.4 is 0 Å². The van der Waals surface area contributed by atoms with Gasteiger partial charge in [-0.3, -0.25) is 0 Å². The van der Waals surface area contributed by atoms with Gasteiger partial charge in [0, 0.05) is 0 Å². The summed E-state index contributed by atoms with van der Waals surface area (Å²) in [7, 11) is 0. The van der Waals surface area contributed by atoms with Gasteiger partial charge in [0.25, 0.3) is 5.03 Å². The highest BCUT2D eigenvalue weighted by molar-refractivity contribution is 7.91. The van der Waals surface area contributed by atoms with Crippen molar-refractivity contribution in [1.82, 2.24) is 30.2 Å². The van der Waals surface area contributed by atoms with Gasteiger partial charge >= 0.3 is 5.16 Å². The van der Waals surface area contributed by atoms with Gasteiger partial charge in [-0.05, 0) is 41.1 Å². The predicted molar refractivity (Wildman–Crippen MR) is 107 cm³/mol. The lowest BCUT2D eigenvalue weighted by atomic mass is 10.2. The second-order valence-corrected chi connectivity index (χ2v) is 8.06. The lowest BCUT2D eigenvalue weighted by Gasteiger charge is -2.12. The molecule has 2 heterocycles. The summed E-state index contributed by atoms with van der Waals surface area (Å²) in [5.41, 5.74) is 2.43. The Labute approximate surface area is 173 Å². The third-order valence-corrected chi connectivity index (χ3v) is 6.00. The van der Waals surface area contributed by atoms with E-state index in [1.165, 1.54) is 4.68 Å². The topological polar surface area (TPSA) is 92.4 Å². The monoisotopic (exact) mass is 432 g/mol. The van der Waals surface area contributed by atoms with Gasteiger partial charge in [-0.15, -0.1) is 0 Å². The number of aryl methyl sites for hydroxylation is 1. The Morgan fingerprint density at radius 1 is 1.04 bits per heavy atom. The Kier molecular flexibility index (Phi) is 5.45. The second-order valence-electron chi connectivity index (χ2n) is 5.96. The summed E-state index contributed by atoms with van der Waals surface area (Å²) in [6.45, 7) is 2.02. The molecule has 0 saturated heterocycles. The standard InChI is InChI=1S/C18H14Cl2N6OS/c1-2-6-14-17(22-16-10-13(20)12(19)9-15(16)21-14)28(27)18-23-24-25-26(18)11-7-4-3-5-8-11/h3-5,7-10H,2,6H2,1H3. The van der Waals surface area contributed by atoms with Crippen LogP contribution >= 0.6 is 23.2 Å². The van der Waals surface area contributed by atoms with Crippen LogP contribution in [0.4, 0.5) is 0 Å². The largest absolute Gasteiger partial charge is 0.603 e. The normalized spacial score (nSPS) is 12.4. The van der Waals surface area contributed by atoms with Crippen LogP contribution in [-0.2, 0) is 17.6 Å². The van der Waals surface area contributed by atoms with Crippen molar-refractivity contribution in [1.29, 1.82) is 0 Å². The molecule has 4 aromatic rings. The van der Waals surface area contributed by atoms with E-state index in [1.807, 2.05) is 37.3 Å². The second kappa shape index (κ2) is 8.00. The Balaban J connectivity index is 1.85. The molecule has 0 bridgehead atoms. The Morgan fingerprint density at radius 2 is 1.71 bits per heavy atom. The zero-order valence-corrected chi connectivity index (χ0v) is 17.0. The van der Waals surface area contributed by atoms with Crippen LogP contribution in [0.3, 0.4) is 0 Å². The molecule has 0 saturated carbocycles. The van der Waals surface area contributed by atoms with E-state index in [0.717, 1.165) is 6.42 Å². The molecular weight excluding hydrogens is 419 g/mol. The van der Waals surface area contributed by atoms with E-state index in [-0.39, 0.29) is 5.16 Å². The molecule has 0 spiro atoms. The number of hydrogen-bond acceptors (Lipinski definition) is 6. The molecule has 0 aliphatic rings. The number of benzene rings is 2. The van der Waals surface area contributed by atoms with Crippen LogP contribution in [0.2, 0.25) is 10.0 Å². The zero-order valence-electron chi connectivity index (χ0n) is 14.7. The molecule has 0 aliphatic carbocycles. The minimum Gasteiger partial charge on any atom is -0.603 e. The Hall–Kier alpha value is -2.26. The molecule has 0 radical (unpaired) electrons. The molecule has 1 unspecified atom stereocenters. The summed E-state index contributed by atoms with van der Waals surface area (Å²) in [5.74, 6) is 0. The average molecular weight is 433 g/mol. The molecule has 10 heteroatoms. The smallest absolute Gasteiger partial charge is 0.373 e. The van der Waals surface area contributed by atoms with Crippen molar-refractivity contribution < 1.29 is 4.55 Å². The Morgan fingerprint density at radius 3 is 2.39 bits per heavy atom.